The molecule has 2 N–H and O–H groups in total. The van der Waals surface area contributed by atoms with E-state index in [1.165, 1.54) is 11.1 Å². The van der Waals surface area contributed by atoms with E-state index in [2.05, 4.69) is 24.3 Å². The highest BCUT2D eigenvalue weighted by Gasteiger charge is 2.35. The van der Waals surface area contributed by atoms with E-state index < -0.39 is 6.04 Å². The molecule has 0 saturated carbocycles. The van der Waals surface area contributed by atoms with E-state index in [0.717, 1.165) is 31.4 Å². The SMILES string of the molecule is CCC(=O)N(c1ccccc1)C1CCN(C(=O)[C@@H](N)C2Cc3ccccc3C2)CC1. The summed E-state index contributed by atoms with van der Waals surface area (Å²) in [5.74, 6) is 0.362. The van der Waals surface area contributed by atoms with E-state index in [-0.39, 0.29) is 23.8 Å². The van der Waals surface area contributed by atoms with Crippen molar-refractivity contribution in [3.8, 4) is 0 Å². The second-order valence-electron chi connectivity index (χ2n) is 8.47. The lowest BCUT2D eigenvalue weighted by Crippen LogP contribution is -2.54. The number of nitrogens with zero attached hydrogens (tertiary/aromatic N) is 2. The monoisotopic (exact) mass is 405 g/mol. The maximum Gasteiger partial charge on any atom is 0.239 e. The molecule has 1 aliphatic carbocycles. The summed E-state index contributed by atoms with van der Waals surface area (Å²) in [6.45, 7) is 3.20. The summed E-state index contributed by atoms with van der Waals surface area (Å²) in [6.07, 6.45) is 3.80. The average Bonchev–Trinajstić information content (AvgIpc) is 3.23. The highest BCUT2D eigenvalue weighted by Crippen LogP contribution is 2.30. The van der Waals surface area contributed by atoms with Gasteiger partial charge in [0, 0.05) is 31.2 Å². The molecule has 2 amide bonds. The van der Waals surface area contributed by atoms with Gasteiger partial charge in [0.05, 0.1) is 6.04 Å². The van der Waals surface area contributed by atoms with Crippen LogP contribution in [-0.4, -0.2) is 41.9 Å². The molecule has 158 valence electrons. The number of fused-ring (bicyclic) bond motifs is 1. The van der Waals surface area contributed by atoms with Gasteiger partial charge in [0.25, 0.3) is 0 Å². The molecule has 0 bridgehead atoms. The number of hydrogen-bond acceptors (Lipinski definition) is 3. The van der Waals surface area contributed by atoms with Crippen molar-refractivity contribution in [3.63, 3.8) is 0 Å². The van der Waals surface area contributed by atoms with Gasteiger partial charge in [-0.3, -0.25) is 9.59 Å². The maximum atomic E-state index is 13.1. The summed E-state index contributed by atoms with van der Waals surface area (Å²) in [5, 5.41) is 0. The number of hydrogen-bond donors (Lipinski definition) is 1. The van der Waals surface area contributed by atoms with Gasteiger partial charge >= 0.3 is 0 Å². The van der Waals surface area contributed by atoms with E-state index >= 15 is 0 Å². The normalized spacial score (nSPS) is 18.1. The van der Waals surface area contributed by atoms with Crippen LogP contribution in [0.25, 0.3) is 0 Å². The fourth-order valence-corrected chi connectivity index (χ4v) is 4.92. The quantitative estimate of drug-likeness (QED) is 0.831. The lowest BCUT2D eigenvalue weighted by atomic mass is 9.94. The van der Waals surface area contributed by atoms with Crippen LogP contribution in [0.15, 0.2) is 54.6 Å². The molecule has 1 fully saturated rings. The number of amides is 2. The summed E-state index contributed by atoms with van der Waals surface area (Å²) in [6, 6.07) is 17.9. The number of nitrogens with two attached hydrogens (primary N) is 1. The lowest BCUT2D eigenvalue weighted by Gasteiger charge is -2.39. The van der Waals surface area contributed by atoms with E-state index in [0.29, 0.717) is 19.5 Å². The van der Waals surface area contributed by atoms with E-state index in [9.17, 15) is 9.59 Å². The molecule has 1 aliphatic heterocycles. The molecular formula is C25H31N3O2. The van der Waals surface area contributed by atoms with Crippen LogP contribution in [-0.2, 0) is 22.4 Å². The third-order valence-electron chi connectivity index (χ3n) is 6.62. The Labute approximate surface area is 178 Å². The first-order chi connectivity index (χ1) is 14.6. The number of carbonyl (C=O) groups is 2. The van der Waals surface area contributed by atoms with Gasteiger partial charge in [0.2, 0.25) is 11.8 Å². The molecule has 30 heavy (non-hydrogen) atoms. The van der Waals surface area contributed by atoms with Gasteiger partial charge in [0.15, 0.2) is 0 Å². The zero-order valence-corrected chi connectivity index (χ0v) is 17.7. The van der Waals surface area contributed by atoms with Crippen molar-refractivity contribution in [2.75, 3.05) is 18.0 Å². The minimum absolute atomic E-state index is 0.0549. The van der Waals surface area contributed by atoms with Crippen molar-refractivity contribution in [1.29, 1.82) is 0 Å². The van der Waals surface area contributed by atoms with Crippen molar-refractivity contribution in [2.45, 2.75) is 51.1 Å². The lowest BCUT2D eigenvalue weighted by molar-refractivity contribution is -0.134. The molecule has 2 aromatic carbocycles. The van der Waals surface area contributed by atoms with Gasteiger partial charge < -0.3 is 15.5 Å². The minimum Gasteiger partial charge on any atom is -0.341 e. The van der Waals surface area contributed by atoms with Gasteiger partial charge in [-0.1, -0.05) is 49.4 Å². The van der Waals surface area contributed by atoms with Crippen molar-refractivity contribution in [2.24, 2.45) is 11.7 Å². The fraction of sp³-hybridized carbons (Fsp3) is 0.440. The van der Waals surface area contributed by atoms with Crippen LogP contribution in [0, 0.1) is 5.92 Å². The minimum atomic E-state index is -0.462. The number of benzene rings is 2. The van der Waals surface area contributed by atoms with Crippen LogP contribution in [0.2, 0.25) is 0 Å². The molecule has 1 heterocycles. The average molecular weight is 406 g/mol. The summed E-state index contributed by atoms with van der Waals surface area (Å²) in [5.41, 5.74) is 10.0. The molecule has 1 saturated heterocycles. The fourth-order valence-electron chi connectivity index (χ4n) is 4.92. The van der Waals surface area contributed by atoms with Crippen LogP contribution in [0.1, 0.15) is 37.3 Å². The van der Waals surface area contributed by atoms with E-state index in [1.54, 1.807) is 0 Å². The summed E-state index contributed by atoms with van der Waals surface area (Å²) < 4.78 is 0. The molecule has 0 radical (unpaired) electrons. The zero-order chi connectivity index (χ0) is 21.1. The first kappa shape index (κ1) is 20.6. The predicted octanol–water partition coefficient (Wildman–Crippen LogP) is 3.16. The van der Waals surface area contributed by atoms with E-state index in [4.69, 9.17) is 5.73 Å². The molecule has 1 atom stereocenters. The molecule has 2 aromatic rings. The Morgan fingerprint density at radius 1 is 1.00 bits per heavy atom. The second kappa shape index (κ2) is 9.00. The first-order valence-electron chi connectivity index (χ1n) is 11.1. The van der Waals surface area contributed by atoms with Gasteiger partial charge in [-0.25, -0.2) is 0 Å². The Morgan fingerprint density at radius 3 is 2.13 bits per heavy atom. The summed E-state index contributed by atoms with van der Waals surface area (Å²) in [4.78, 5) is 29.6. The zero-order valence-electron chi connectivity index (χ0n) is 17.7. The molecule has 4 rings (SSSR count). The number of anilines is 1. The largest absolute Gasteiger partial charge is 0.341 e. The van der Waals surface area contributed by atoms with Crippen molar-refractivity contribution in [3.05, 3.63) is 65.7 Å². The predicted molar refractivity (Wildman–Crippen MR) is 119 cm³/mol. The van der Waals surface area contributed by atoms with E-state index in [1.807, 2.05) is 47.1 Å². The van der Waals surface area contributed by atoms with Crippen LogP contribution < -0.4 is 10.6 Å². The highest BCUT2D eigenvalue weighted by atomic mass is 16.2. The molecule has 0 aromatic heterocycles. The van der Waals surface area contributed by atoms with Crippen molar-refractivity contribution < 1.29 is 9.59 Å². The number of para-hydroxylation sites is 1. The third-order valence-corrected chi connectivity index (χ3v) is 6.62. The topological polar surface area (TPSA) is 66.6 Å². The van der Waals surface area contributed by atoms with Gasteiger partial charge in [-0.2, -0.15) is 0 Å². The number of likely N-dealkylation sites (tertiary alicyclic amines) is 1. The highest BCUT2D eigenvalue weighted by molar-refractivity contribution is 5.93. The molecule has 0 spiro atoms. The van der Waals surface area contributed by atoms with Crippen LogP contribution in [0.3, 0.4) is 0 Å². The summed E-state index contributed by atoms with van der Waals surface area (Å²) >= 11 is 0. The Bertz CT molecular complexity index is 865. The molecule has 0 unspecified atom stereocenters. The second-order valence-corrected chi connectivity index (χ2v) is 8.47. The molecule has 5 nitrogen and oxygen atoms in total. The van der Waals surface area contributed by atoms with Gasteiger partial charge in [-0.15, -0.1) is 0 Å². The Hall–Kier alpha value is -2.66. The summed E-state index contributed by atoms with van der Waals surface area (Å²) in [7, 11) is 0. The Morgan fingerprint density at radius 2 is 1.57 bits per heavy atom. The third kappa shape index (κ3) is 4.12. The van der Waals surface area contributed by atoms with Crippen LogP contribution in [0.5, 0.6) is 0 Å². The molecule has 2 aliphatic rings. The number of rotatable bonds is 5. The first-order valence-corrected chi connectivity index (χ1v) is 11.1. The Balaban J connectivity index is 1.38. The smallest absolute Gasteiger partial charge is 0.239 e. The maximum absolute atomic E-state index is 13.1. The number of carbonyl (C=O) groups excluding carboxylic acids is 2. The number of piperidine rings is 1. The van der Waals surface area contributed by atoms with Crippen molar-refractivity contribution in [1.82, 2.24) is 4.90 Å². The molecule has 5 heteroatoms. The Kier molecular flexibility index (Phi) is 6.18. The van der Waals surface area contributed by atoms with Crippen molar-refractivity contribution >= 4 is 17.5 Å². The standard InChI is InChI=1S/C25H31N3O2/c1-2-23(29)28(21-10-4-3-5-11-21)22-12-14-27(15-13-22)25(30)24(26)20-16-18-8-6-7-9-19(18)17-20/h3-11,20,22,24H,2,12-17,26H2,1H3/t24-/m0/s1. The van der Waals surface area contributed by atoms with Crippen LogP contribution in [0.4, 0.5) is 5.69 Å². The van der Waals surface area contributed by atoms with Gasteiger partial charge in [-0.05, 0) is 54.9 Å². The van der Waals surface area contributed by atoms with Gasteiger partial charge in [0.1, 0.15) is 0 Å². The van der Waals surface area contributed by atoms with Crippen LogP contribution >= 0.6 is 0 Å². The molecular weight excluding hydrogens is 374 g/mol.